The highest BCUT2D eigenvalue weighted by Gasteiger charge is 2.09. The second kappa shape index (κ2) is 6.15. The Kier molecular flexibility index (Phi) is 4.78. The van der Waals surface area contributed by atoms with E-state index in [1.807, 2.05) is 19.1 Å². The fraction of sp³-hybridized carbons (Fsp3) is 0.308. The predicted molar refractivity (Wildman–Crippen MR) is 81.3 cm³/mol. The van der Waals surface area contributed by atoms with E-state index in [1.54, 1.807) is 11.3 Å². The molecule has 2 aromatic rings. The molecule has 5 heteroatoms. The van der Waals surface area contributed by atoms with Gasteiger partial charge in [-0.1, -0.05) is 17.7 Å². The number of nitrogens with one attached hydrogen (secondary N) is 1. The first-order valence-electron chi connectivity index (χ1n) is 5.65. The second-order valence-electron chi connectivity index (χ2n) is 4.18. The lowest BCUT2D eigenvalue weighted by molar-refractivity contribution is 0.571. The van der Waals surface area contributed by atoms with Crippen LogP contribution >= 0.6 is 38.9 Å². The molecule has 0 aliphatic rings. The molecule has 0 amide bonds. The van der Waals surface area contributed by atoms with Crippen molar-refractivity contribution >= 4 is 38.9 Å². The zero-order valence-electron chi connectivity index (χ0n) is 10.2. The summed E-state index contributed by atoms with van der Waals surface area (Å²) in [7, 11) is 0. The number of thiazole rings is 1. The van der Waals surface area contributed by atoms with Gasteiger partial charge in [-0.25, -0.2) is 4.98 Å². The molecular formula is C13H14BrClN2S. The van der Waals surface area contributed by atoms with Crippen molar-refractivity contribution in [1.82, 2.24) is 10.3 Å². The summed E-state index contributed by atoms with van der Waals surface area (Å²) in [5.74, 6) is 0. The molecule has 2 nitrogen and oxygen atoms in total. The minimum atomic E-state index is 0.256. The first-order chi connectivity index (χ1) is 8.56. The maximum Gasteiger partial charge on any atom is 0.110 e. The van der Waals surface area contributed by atoms with Crippen LogP contribution in [-0.2, 0) is 6.54 Å². The molecule has 18 heavy (non-hydrogen) atoms. The topological polar surface area (TPSA) is 24.9 Å². The summed E-state index contributed by atoms with van der Waals surface area (Å²) in [6.45, 7) is 4.92. The summed E-state index contributed by atoms with van der Waals surface area (Å²) in [6.07, 6.45) is 0. The Hall–Kier alpha value is -0.420. The van der Waals surface area contributed by atoms with Crippen molar-refractivity contribution < 1.29 is 0 Å². The van der Waals surface area contributed by atoms with Crippen LogP contribution < -0.4 is 5.32 Å². The fourth-order valence-corrected chi connectivity index (χ4v) is 2.86. The number of halogens is 2. The molecule has 0 aliphatic carbocycles. The van der Waals surface area contributed by atoms with Gasteiger partial charge < -0.3 is 5.32 Å². The first-order valence-corrected chi connectivity index (χ1v) is 7.70. The summed E-state index contributed by atoms with van der Waals surface area (Å²) < 4.78 is 0.927. The molecule has 1 aromatic heterocycles. The molecule has 0 bridgehead atoms. The molecule has 0 saturated carbocycles. The molecule has 1 unspecified atom stereocenters. The van der Waals surface area contributed by atoms with E-state index in [2.05, 4.69) is 44.6 Å². The molecule has 0 radical (unpaired) electrons. The van der Waals surface area contributed by atoms with Crippen LogP contribution in [-0.4, -0.2) is 4.98 Å². The highest BCUT2D eigenvalue weighted by atomic mass is 79.9. The zero-order valence-corrected chi connectivity index (χ0v) is 13.4. The number of benzene rings is 1. The standard InChI is InChI=1S/C13H14BrClN2S/c1-8-7-18-13(17-8)9(2)16-6-10-3-4-11(14)12(15)5-10/h3-5,7,9,16H,6H2,1-2H3. The Balaban J connectivity index is 1.97. The van der Waals surface area contributed by atoms with Gasteiger partial charge in [-0.15, -0.1) is 11.3 Å². The summed E-state index contributed by atoms with van der Waals surface area (Å²) >= 11 is 11.1. The van der Waals surface area contributed by atoms with Crippen molar-refractivity contribution in [2.24, 2.45) is 0 Å². The van der Waals surface area contributed by atoms with Crippen LogP contribution in [0.15, 0.2) is 28.1 Å². The van der Waals surface area contributed by atoms with Crippen LogP contribution in [0.25, 0.3) is 0 Å². The zero-order chi connectivity index (χ0) is 13.1. The fourth-order valence-electron chi connectivity index (χ4n) is 1.58. The third-order valence-corrected chi connectivity index (χ3v) is 4.98. The van der Waals surface area contributed by atoms with Crippen molar-refractivity contribution in [2.75, 3.05) is 0 Å². The lowest BCUT2D eigenvalue weighted by atomic mass is 10.2. The normalized spacial score (nSPS) is 12.7. The van der Waals surface area contributed by atoms with Crippen molar-refractivity contribution in [3.05, 3.63) is 49.3 Å². The maximum atomic E-state index is 6.06. The average molecular weight is 346 g/mol. The largest absolute Gasteiger partial charge is 0.304 e. The SMILES string of the molecule is Cc1csc(C(C)NCc2ccc(Br)c(Cl)c2)n1. The van der Waals surface area contributed by atoms with Gasteiger partial charge in [0.25, 0.3) is 0 Å². The Labute approximate surface area is 125 Å². The van der Waals surface area contributed by atoms with Gasteiger partial charge in [0.15, 0.2) is 0 Å². The summed E-state index contributed by atoms with van der Waals surface area (Å²) in [6, 6.07) is 6.25. The molecule has 1 heterocycles. The minimum Gasteiger partial charge on any atom is -0.304 e. The molecule has 1 aromatic carbocycles. The highest BCUT2D eigenvalue weighted by Crippen LogP contribution is 2.24. The monoisotopic (exact) mass is 344 g/mol. The van der Waals surface area contributed by atoms with E-state index in [0.29, 0.717) is 0 Å². The van der Waals surface area contributed by atoms with Crippen molar-refractivity contribution in [3.8, 4) is 0 Å². The summed E-state index contributed by atoms with van der Waals surface area (Å²) in [5, 5.41) is 7.39. The minimum absolute atomic E-state index is 0.256. The van der Waals surface area contributed by atoms with Crippen molar-refractivity contribution in [1.29, 1.82) is 0 Å². The smallest absolute Gasteiger partial charge is 0.110 e. The van der Waals surface area contributed by atoms with E-state index in [-0.39, 0.29) is 6.04 Å². The molecular weight excluding hydrogens is 332 g/mol. The maximum absolute atomic E-state index is 6.06. The summed E-state index contributed by atoms with van der Waals surface area (Å²) in [4.78, 5) is 4.48. The van der Waals surface area contributed by atoms with Gasteiger partial charge >= 0.3 is 0 Å². The molecule has 0 spiro atoms. The van der Waals surface area contributed by atoms with E-state index in [1.165, 1.54) is 5.56 Å². The van der Waals surface area contributed by atoms with Gasteiger partial charge in [-0.2, -0.15) is 0 Å². The third-order valence-electron chi connectivity index (χ3n) is 2.60. The van der Waals surface area contributed by atoms with Gasteiger partial charge in [0.05, 0.1) is 11.1 Å². The van der Waals surface area contributed by atoms with E-state index in [9.17, 15) is 0 Å². The van der Waals surface area contributed by atoms with Crippen LogP contribution in [0, 0.1) is 6.92 Å². The van der Waals surface area contributed by atoms with Gasteiger partial charge in [0.1, 0.15) is 5.01 Å². The van der Waals surface area contributed by atoms with Crippen LogP contribution in [0.2, 0.25) is 5.02 Å². The molecule has 1 N–H and O–H groups in total. The van der Waals surface area contributed by atoms with Crippen LogP contribution in [0.5, 0.6) is 0 Å². The van der Waals surface area contributed by atoms with Crippen LogP contribution in [0.1, 0.15) is 29.2 Å². The first kappa shape index (κ1) is 14.0. The molecule has 1 atom stereocenters. The van der Waals surface area contributed by atoms with Gasteiger partial charge in [-0.05, 0) is 47.5 Å². The molecule has 0 saturated heterocycles. The summed E-state index contributed by atoms with van der Waals surface area (Å²) in [5.41, 5.74) is 2.25. The lowest BCUT2D eigenvalue weighted by Gasteiger charge is -2.11. The molecule has 0 aliphatic heterocycles. The number of rotatable bonds is 4. The van der Waals surface area contributed by atoms with E-state index in [4.69, 9.17) is 11.6 Å². The van der Waals surface area contributed by atoms with Crippen LogP contribution in [0.3, 0.4) is 0 Å². The molecule has 2 rings (SSSR count). The number of hydrogen-bond donors (Lipinski definition) is 1. The Morgan fingerprint density at radius 3 is 2.89 bits per heavy atom. The Bertz CT molecular complexity index is 542. The quantitative estimate of drug-likeness (QED) is 0.867. The Morgan fingerprint density at radius 2 is 2.28 bits per heavy atom. The average Bonchev–Trinajstić information content (AvgIpc) is 2.77. The molecule has 96 valence electrons. The third kappa shape index (κ3) is 3.54. The predicted octanol–water partition coefficient (Wildman–Crippen LogP) is 4.72. The highest BCUT2D eigenvalue weighted by molar-refractivity contribution is 9.10. The van der Waals surface area contributed by atoms with Crippen molar-refractivity contribution in [2.45, 2.75) is 26.4 Å². The number of aromatic nitrogens is 1. The number of hydrogen-bond acceptors (Lipinski definition) is 3. The van der Waals surface area contributed by atoms with Gasteiger partial charge in [-0.3, -0.25) is 0 Å². The van der Waals surface area contributed by atoms with E-state index >= 15 is 0 Å². The Morgan fingerprint density at radius 1 is 1.50 bits per heavy atom. The van der Waals surface area contributed by atoms with Gasteiger partial charge in [0.2, 0.25) is 0 Å². The second-order valence-corrected chi connectivity index (χ2v) is 6.33. The van der Waals surface area contributed by atoms with Crippen molar-refractivity contribution in [3.63, 3.8) is 0 Å². The number of aryl methyl sites for hydroxylation is 1. The lowest BCUT2D eigenvalue weighted by Crippen LogP contribution is -2.17. The van der Waals surface area contributed by atoms with E-state index in [0.717, 1.165) is 26.7 Å². The molecule has 0 fully saturated rings. The van der Waals surface area contributed by atoms with Crippen LogP contribution in [0.4, 0.5) is 0 Å². The van der Waals surface area contributed by atoms with Gasteiger partial charge in [0, 0.05) is 22.1 Å². The van der Waals surface area contributed by atoms with E-state index < -0.39 is 0 Å². The number of nitrogens with zero attached hydrogens (tertiary/aromatic N) is 1.